The van der Waals surface area contributed by atoms with Gasteiger partial charge in [-0.2, -0.15) is 0 Å². The van der Waals surface area contributed by atoms with Crippen LogP contribution < -0.4 is 4.74 Å². The first kappa shape index (κ1) is 15.6. The lowest BCUT2D eigenvalue weighted by molar-refractivity contribution is -0.140. The first-order valence-electron chi connectivity index (χ1n) is 6.73. The maximum absolute atomic E-state index is 10.8. The van der Waals surface area contributed by atoms with Crippen molar-refractivity contribution in [1.29, 1.82) is 0 Å². The molecular formula is C17H17BrO3. The molecule has 2 aromatic rings. The molecule has 0 saturated heterocycles. The second kappa shape index (κ2) is 7.84. The summed E-state index contributed by atoms with van der Waals surface area (Å²) in [6.45, 7) is 2.32. The van der Waals surface area contributed by atoms with Gasteiger partial charge in [0.15, 0.2) is 0 Å². The van der Waals surface area contributed by atoms with Gasteiger partial charge in [0, 0.05) is 17.8 Å². The largest absolute Gasteiger partial charge is 0.489 e. The molecule has 0 bridgehead atoms. The van der Waals surface area contributed by atoms with Crippen molar-refractivity contribution in [2.75, 3.05) is 6.61 Å². The zero-order chi connectivity index (χ0) is 15.1. The van der Waals surface area contributed by atoms with Gasteiger partial charge in [-0.25, -0.2) is 0 Å². The molecular weight excluding hydrogens is 332 g/mol. The number of esters is 1. The fourth-order valence-corrected chi connectivity index (χ4v) is 2.42. The van der Waals surface area contributed by atoms with E-state index in [1.807, 2.05) is 48.5 Å². The second-order valence-electron chi connectivity index (χ2n) is 4.66. The van der Waals surface area contributed by atoms with E-state index in [-0.39, 0.29) is 5.97 Å². The van der Waals surface area contributed by atoms with Crippen molar-refractivity contribution >= 4 is 21.9 Å². The van der Waals surface area contributed by atoms with Gasteiger partial charge in [0.05, 0.1) is 6.61 Å². The monoisotopic (exact) mass is 348 g/mol. The third-order valence-electron chi connectivity index (χ3n) is 2.88. The molecule has 0 N–H and O–H groups in total. The van der Waals surface area contributed by atoms with Crippen molar-refractivity contribution < 1.29 is 14.3 Å². The number of hydrogen-bond acceptors (Lipinski definition) is 3. The van der Waals surface area contributed by atoms with E-state index >= 15 is 0 Å². The van der Waals surface area contributed by atoms with Crippen molar-refractivity contribution in [2.24, 2.45) is 0 Å². The zero-order valence-corrected chi connectivity index (χ0v) is 13.4. The Bertz CT molecular complexity index is 596. The fourth-order valence-electron chi connectivity index (χ4n) is 1.90. The number of carbonyl (C=O) groups is 1. The number of ether oxygens (including phenoxy) is 2. The smallest absolute Gasteiger partial charge is 0.302 e. The van der Waals surface area contributed by atoms with Crippen LogP contribution in [-0.2, 0) is 22.6 Å². The Morgan fingerprint density at radius 2 is 1.86 bits per heavy atom. The van der Waals surface area contributed by atoms with E-state index < -0.39 is 0 Å². The molecule has 0 aliphatic carbocycles. The third kappa shape index (κ3) is 5.60. The Balaban J connectivity index is 1.96. The molecule has 3 nitrogen and oxygen atoms in total. The Labute approximate surface area is 133 Å². The highest BCUT2D eigenvalue weighted by Crippen LogP contribution is 2.23. The molecule has 4 heteroatoms. The van der Waals surface area contributed by atoms with E-state index in [4.69, 9.17) is 9.47 Å². The summed E-state index contributed by atoms with van der Waals surface area (Å²) in [6, 6.07) is 15.9. The molecule has 0 atom stereocenters. The van der Waals surface area contributed by atoms with Crippen LogP contribution in [0.1, 0.15) is 18.1 Å². The lowest BCUT2D eigenvalue weighted by Gasteiger charge is -2.09. The predicted molar refractivity (Wildman–Crippen MR) is 85.3 cm³/mol. The minimum Gasteiger partial charge on any atom is -0.489 e. The molecule has 0 saturated carbocycles. The number of carbonyl (C=O) groups excluding carboxylic acids is 1. The quantitative estimate of drug-likeness (QED) is 0.736. The summed E-state index contributed by atoms with van der Waals surface area (Å²) in [5, 5.41) is 0. The highest BCUT2D eigenvalue weighted by Gasteiger charge is 2.03. The van der Waals surface area contributed by atoms with E-state index in [0.29, 0.717) is 19.6 Å². The van der Waals surface area contributed by atoms with Crippen LogP contribution in [0.3, 0.4) is 0 Å². The standard InChI is InChI=1S/C17H17BrO3/c1-13(19)20-8-7-15-9-16(18)11-17(10-15)21-12-14-5-3-2-4-6-14/h2-6,9-11H,7-8,12H2,1H3. The molecule has 0 aliphatic rings. The van der Waals surface area contributed by atoms with Crippen LogP contribution in [-0.4, -0.2) is 12.6 Å². The average Bonchev–Trinajstić information content (AvgIpc) is 2.45. The molecule has 2 rings (SSSR count). The van der Waals surface area contributed by atoms with Crippen LogP contribution in [0, 0.1) is 0 Å². The minimum atomic E-state index is -0.259. The van der Waals surface area contributed by atoms with Gasteiger partial charge in [-0.05, 0) is 29.3 Å². The maximum Gasteiger partial charge on any atom is 0.302 e. The van der Waals surface area contributed by atoms with Crippen LogP contribution in [0.5, 0.6) is 5.75 Å². The molecule has 0 amide bonds. The molecule has 0 aromatic heterocycles. The summed E-state index contributed by atoms with van der Waals surface area (Å²) in [6.07, 6.45) is 0.667. The van der Waals surface area contributed by atoms with Crippen LogP contribution in [0.15, 0.2) is 53.0 Å². The minimum absolute atomic E-state index is 0.259. The lowest BCUT2D eigenvalue weighted by Crippen LogP contribution is -2.03. The van der Waals surface area contributed by atoms with Crippen molar-refractivity contribution in [3.63, 3.8) is 0 Å². The summed E-state index contributed by atoms with van der Waals surface area (Å²) >= 11 is 3.47. The summed E-state index contributed by atoms with van der Waals surface area (Å²) in [5.41, 5.74) is 2.19. The van der Waals surface area contributed by atoms with Crippen molar-refractivity contribution in [1.82, 2.24) is 0 Å². The molecule has 0 radical (unpaired) electrons. The average molecular weight is 349 g/mol. The van der Waals surface area contributed by atoms with Gasteiger partial charge in [-0.1, -0.05) is 46.3 Å². The number of halogens is 1. The number of hydrogen-bond donors (Lipinski definition) is 0. The Morgan fingerprint density at radius 1 is 1.10 bits per heavy atom. The molecule has 2 aromatic carbocycles. The maximum atomic E-state index is 10.8. The molecule has 0 fully saturated rings. The molecule has 0 aliphatic heterocycles. The van der Waals surface area contributed by atoms with Gasteiger partial charge in [0.25, 0.3) is 0 Å². The van der Waals surface area contributed by atoms with E-state index in [1.54, 1.807) is 0 Å². The summed E-state index contributed by atoms with van der Waals surface area (Å²) in [4.78, 5) is 10.8. The zero-order valence-electron chi connectivity index (χ0n) is 11.8. The van der Waals surface area contributed by atoms with Gasteiger partial charge in [0.2, 0.25) is 0 Å². The summed E-state index contributed by atoms with van der Waals surface area (Å²) in [5.74, 6) is 0.539. The topological polar surface area (TPSA) is 35.5 Å². The van der Waals surface area contributed by atoms with Crippen molar-refractivity contribution in [3.8, 4) is 5.75 Å². The number of rotatable bonds is 6. The van der Waals surface area contributed by atoms with Crippen LogP contribution in [0.4, 0.5) is 0 Å². The Kier molecular flexibility index (Phi) is 5.81. The highest BCUT2D eigenvalue weighted by atomic mass is 79.9. The first-order valence-corrected chi connectivity index (χ1v) is 7.52. The van der Waals surface area contributed by atoms with Gasteiger partial charge in [0.1, 0.15) is 12.4 Å². The van der Waals surface area contributed by atoms with E-state index in [0.717, 1.165) is 21.3 Å². The fraction of sp³-hybridized carbons (Fsp3) is 0.235. The van der Waals surface area contributed by atoms with E-state index in [9.17, 15) is 4.79 Å². The first-order chi connectivity index (χ1) is 10.1. The van der Waals surface area contributed by atoms with Crippen LogP contribution in [0.25, 0.3) is 0 Å². The number of benzene rings is 2. The summed E-state index contributed by atoms with van der Waals surface area (Å²) < 4.78 is 11.7. The van der Waals surface area contributed by atoms with Crippen LogP contribution >= 0.6 is 15.9 Å². The lowest BCUT2D eigenvalue weighted by atomic mass is 10.1. The second-order valence-corrected chi connectivity index (χ2v) is 5.58. The predicted octanol–water partition coefficient (Wildman–Crippen LogP) is 4.13. The molecule has 21 heavy (non-hydrogen) atoms. The molecule has 0 spiro atoms. The van der Waals surface area contributed by atoms with E-state index in [2.05, 4.69) is 15.9 Å². The van der Waals surface area contributed by atoms with Crippen molar-refractivity contribution in [3.05, 3.63) is 64.1 Å². The van der Waals surface area contributed by atoms with Gasteiger partial charge in [-0.3, -0.25) is 4.79 Å². The van der Waals surface area contributed by atoms with E-state index in [1.165, 1.54) is 6.92 Å². The third-order valence-corrected chi connectivity index (χ3v) is 3.33. The Morgan fingerprint density at radius 3 is 2.57 bits per heavy atom. The molecule has 0 heterocycles. The normalized spacial score (nSPS) is 10.2. The Hall–Kier alpha value is -1.81. The molecule has 0 unspecified atom stereocenters. The van der Waals surface area contributed by atoms with Gasteiger partial charge in [-0.15, -0.1) is 0 Å². The van der Waals surface area contributed by atoms with Crippen LogP contribution in [0.2, 0.25) is 0 Å². The highest BCUT2D eigenvalue weighted by molar-refractivity contribution is 9.10. The SMILES string of the molecule is CC(=O)OCCc1cc(Br)cc(OCc2ccccc2)c1. The van der Waals surface area contributed by atoms with Crippen molar-refractivity contribution in [2.45, 2.75) is 20.0 Å². The summed E-state index contributed by atoms with van der Waals surface area (Å²) in [7, 11) is 0. The van der Waals surface area contributed by atoms with Gasteiger partial charge < -0.3 is 9.47 Å². The molecule has 110 valence electrons. The van der Waals surface area contributed by atoms with Gasteiger partial charge >= 0.3 is 5.97 Å².